The van der Waals surface area contributed by atoms with Crippen LogP contribution < -0.4 is 5.73 Å². The zero-order valence-electron chi connectivity index (χ0n) is 11.8. The van der Waals surface area contributed by atoms with Crippen molar-refractivity contribution in [3.8, 4) is 11.4 Å². The van der Waals surface area contributed by atoms with Gasteiger partial charge in [-0.25, -0.2) is 9.37 Å². The van der Waals surface area contributed by atoms with E-state index < -0.39 is 0 Å². The molecule has 0 saturated heterocycles. The minimum atomic E-state index is -0.340. The van der Waals surface area contributed by atoms with E-state index in [0.717, 1.165) is 11.0 Å². The summed E-state index contributed by atoms with van der Waals surface area (Å²) in [5.74, 6) is 0.222. The smallest absolute Gasteiger partial charge is 0.144 e. The Kier molecular flexibility index (Phi) is 3.33. The Hall–Kier alpha value is -2.07. The Labute approximate surface area is 127 Å². The Bertz CT molecular complexity index is 824. The maximum Gasteiger partial charge on any atom is 0.144 e. The molecule has 0 unspecified atom stereocenters. The fourth-order valence-electron chi connectivity index (χ4n) is 2.49. The Morgan fingerprint density at radius 3 is 2.67 bits per heavy atom. The number of nitrogens with two attached hydrogens (primary N) is 1. The summed E-state index contributed by atoms with van der Waals surface area (Å²) in [6.45, 7) is 4.05. The van der Waals surface area contributed by atoms with Gasteiger partial charge in [0, 0.05) is 16.8 Å². The summed E-state index contributed by atoms with van der Waals surface area (Å²) >= 11 is 6.07. The van der Waals surface area contributed by atoms with Crippen molar-refractivity contribution in [2.24, 2.45) is 0 Å². The molecule has 0 radical (unpaired) electrons. The molecule has 5 heteroatoms. The predicted octanol–water partition coefficient (Wildman–Crippen LogP) is 4.66. The molecule has 0 aliphatic heterocycles. The van der Waals surface area contributed by atoms with Crippen LogP contribution >= 0.6 is 11.6 Å². The van der Waals surface area contributed by atoms with Crippen LogP contribution in [0.25, 0.3) is 22.4 Å². The molecule has 2 aromatic carbocycles. The van der Waals surface area contributed by atoms with Gasteiger partial charge in [0.25, 0.3) is 0 Å². The number of nitrogens with zero attached hydrogens (tertiary/aromatic N) is 2. The lowest BCUT2D eigenvalue weighted by atomic mass is 10.1. The first-order chi connectivity index (χ1) is 9.97. The third-order valence-electron chi connectivity index (χ3n) is 3.40. The molecule has 3 nitrogen and oxygen atoms in total. The third-order valence-corrected chi connectivity index (χ3v) is 3.63. The molecule has 3 aromatic rings. The fourth-order valence-corrected chi connectivity index (χ4v) is 2.66. The number of hydrogen-bond acceptors (Lipinski definition) is 2. The van der Waals surface area contributed by atoms with Gasteiger partial charge in [0.2, 0.25) is 0 Å². The van der Waals surface area contributed by atoms with Crippen molar-refractivity contribution in [1.82, 2.24) is 9.55 Å². The monoisotopic (exact) mass is 303 g/mol. The number of halogens is 2. The van der Waals surface area contributed by atoms with E-state index in [0.29, 0.717) is 22.1 Å². The molecular weight excluding hydrogens is 289 g/mol. The lowest BCUT2D eigenvalue weighted by molar-refractivity contribution is 0.608. The number of hydrogen-bond donors (Lipinski definition) is 1. The van der Waals surface area contributed by atoms with Crippen LogP contribution in [0, 0.1) is 5.82 Å². The predicted molar refractivity (Wildman–Crippen MR) is 84.9 cm³/mol. The molecule has 21 heavy (non-hydrogen) atoms. The Balaban J connectivity index is 2.36. The number of imidazole rings is 1. The van der Waals surface area contributed by atoms with E-state index in [1.165, 1.54) is 12.1 Å². The van der Waals surface area contributed by atoms with Crippen molar-refractivity contribution in [1.29, 1.82) is 0 Å². The number of benzene rings is 2. The molecule has 0 fully saturated rings. The second kappa shape index (κ2) is 5.04. The molecule has 0 spiro atoms. The average Bonchev–Trinajstić information content (AvgIpc) is 2.79. The molecule has 0 aliphatic rings. The van der Waals surface area contributed by atoms with Crippen LogP contribution in [-0.2, 0) is 0 Å². The van der Waals surface area contributed by atoms with Gasteiger partial charge in [0.15, 0.2) is 0 Å². The van der Waals surface area contributed by atoms with Gasteiger partial charge >= 0.3 is 0 Å². The van der Waals surface area contributed by atoms with Gasteiger partial charge in [0.1, 0.15) is 11.6 Å². The first kappa shape index (κ1) is 13.9. The number of nitrogen functional groups attached to an aromatic ring is 1. The van der Waals surface area contributed by atoms with Gasteiger partial charge < -0.3 is 10.3 Å². The van der Waals surface area contributed by atoms with Crippen LogP contribution in [0.2, 0.25) is 5.02 Å². The number of fused-ring (bicyclic) bond motifs is 1. The van der Waals surface area contributed by atoms with Crippen LogP contribution in [0.5, 0.6) is 0 Å². The Morgan fingerprint density at radius 1 is 1.19 bits per heavy atom. The summed E-state index contributed by atoms with van der Waals surface area (Å²) in [6, 6.07) is 10.1. The van der Waals surface area contributed by atoms with Gasteiger partial charge in [0.05, 0.1) is 16.6 Å². The lowest BCUT2D eigenvalue weighted by Crippen LogP contribution is -2.04. The van der Waals surface area contributed by atoms with Gasteiger partial charge in [-0.15, -0.1) is 0 Å². The van der Waals surface area contributed by atoms with E-state index in [9.17, 15) is 4.39 Å². The molecule has 0 saturated carbocycles. The minimum absolute atomic E-state index is 0.115. The average molecular weight is 304 g/mol. The third kappa shape index (κ3) is 2.36. The molecule has 0 amide bonds. The minimum Gasteiger partial charge on any atom is -0.399 e. The SMILES string of the molecule is CC(C)n1c(-c2cc(N)ccc2F)nc2ccc(Cl)cc21. The second-order valence-electron chi connectivity index (χ2n) is 5.27. The van der Waals surface area contributed by atoms with E-state index in [4.69, 9.17) is 17.3 Å². The van der Waals surface area contributed by atoms with Gasteiger partial charge in [-0.1, -0.05) is 11.6 Å². The lowest BCUT2D eigenvalue weighted by Gasteiger charge is -2.14. The molecular formula is C16H15ClFN3. The van der Waals surface area contributed by atoms with Crippen LogP contribution in [0.15, 0.2) is 36.4 Å². The molecule has 0 bridgehead atoms. The normalized spacial score (nSPS) is 11.5. The summed E-state index contributed by atoms with van der Waals surface area (Å²) in [5.41, 5.74) is 8.36. The van der Waals surface area contributed by atoms with Gasteiger partial charge in [-0.3, -0.25) is 0 Å². The summed E-state index contributed by atoms with van der Waals surface area (Å²) in [6.07, 6.45) is 0. The highest BCUT2D eigenvalue weighted by Gasteiger charge is 2.18. The van der Waals surface area contributed by atoms with E-state index in [1.807, 2.05) is 30.5 Å². The number of aromatic nitrogens is 2. The zero-order chi connectivity index (χ0) is 15.1. The summed E-state index contributed by atoms with van der Waals surface area (Å²) in [4.78, 5) is 4.56. The highest BCUT2D eigenvalue weighted by atomic mass is 35.5. The van der Waals surface area contributed by atoms with Crippen LogP contribution in [0.3, 0.4) is 0 Å². The fraction of sp³-hybridized carbons (Fsp3) is 0.188. The van der Waals surface area contributed by atoms with Crippen molar-refractivity contribution >= 4 is 28.3 Å². The molecule has 3 rings (SSSR count). The van der Waals surface area contributed by atoms with Crippen molar-refractivity contribution in [2.75, 3.05) is 5.73 Å². The maximum absolute atomic E-state index is 14.2. The standard InChI is InChI=1S/C16H15ClFN3/c1-9(2)21-15-7-10(17)3-6-14(15)20-16(21)12-8-11(19)4-5-13(12)18/h3-9H,19H2,1-2H3. The largest absolute Gasteiger partial charge is 0.399 e. The van der Waals surface area contributed by atoms with E-state index in [1.54, 1.807) is 12.1 Å². The van der Waals surface area contributed by atoms with Crippen LogP contribution in [0.1, 0.15) is 19.9 Å². The molecule has 108 valence electrons. The molecule has 2 N–H and O–H groups in total. The number of rotatable bonds is 2. The van der Waals surface area contributed by atoms with Gasteiger partial charge in [-0.2, -0.15) is 0 Å². The quantitative estimate of drug-likeness (QED) is 0.700. The topological polar surface area (TPSA) is 43.8 Å². The molecule has 1 heterocycles. The highest BCUT2D eigenvalue weighted by Crippen LogP contribution is 2.32. The number of anilines is 1. The molecule has 1 aromatic heterocycles. The van der Waals surface area contributed by atoms with Crippen molar-refractivity contribution in [2.45, 2.75) is 19.9 Å². The highest BCUT2D eigenvalue weighted by molar-refractivity contribution is 6.31. The van der Waals surface area contributed by atoms with Crippen LogP contribution in [-0.4, -0.2) is 9.55 Å². The van der Waals surface area contributed by atoms with Crippen LogP contribution in [0.4, 0.5) is 10.1 Å². The van der Waals surface area contributed by atoms with E-state index in [-0.39, 0.29) is 11.9 Å². The van der Waals surface area contributed by atoms with Crippen molar-refractivity contribution < 1.29 is 4.39 Å². The maximum atomic E-state index is 14.2. The first-order valence-corrected chi connectivity index (χ1v) is 7.08. The second-order valence-corrected chi connectivity index (χ2v) is 5.71. The van der Waals surface area contributed by atoms with Gasteiger partial charge in [-0.05, 0) is 50.2 Å². The van der Waals surface area contributed by atoms with Crippen molar-refractivity contribution in [3.63, 3.8) is 0 Å². The summed E-state index contributed by atoms with van der Waals surface area (Å²) < 4.78 is 16.1. The first-order valence-electron chi connectivity index (χ1n) is 6.70. The zero-order valence-corrected chi connectivity index (χ0v) is 12.5. The van der Waals surface area contributed by atoms with Crippen molar-refractivity contribution in [3.05, 3.63) is 47.2 Å². The Morgan fingerprint density at radius 2 is 1.95 bits per heavy atom. The van der Waals surface area contributed by atoms with E-state index >= 15 is 0 Å². The molecule has 0 aliphatic carbocycles. The summed E-state index contributed by atoms with van der Waals surface area (Å²) in [5, 5.41) is 0.629. The summed E-state index contributed by atoms with van der Waals surface area (Å²) in [7, 11) is 0. The van der Waals surface area contributed by atoms with E-state index in [2.05, 4.69) is 4.98 Å². The molecule has 0 atom stereocenters.